The van der Waals surface area contributed by atoms with Crippen LogP contribution in [0.15, 0.2) is 48.5 Å². The van der Waals surface area contributed by atoms with Crippen LogP contribution in [0.1, 0.15) is 36.5 Å². The molecule has 154 valence electrons. The number of para-hydroxylation sites is 1. The summed E-state index contributed by atoms with van der Waals surface area (Å²) in [4.78, 5) is 38.2. The first kappa shape index (κ1) is 22.1. The number of nitrogens with one attached hydrogen (secondary N) is 1. The van der Waals surface area contributed by atoms with Gasteiger partial charge >= 0.3 is 5.97 Å². The third-order valence-corrected chi connectivity index (χ3v) is 4.78. The Bertz CT molecular complexity index is 844. The highest BCUT2D eigenvalue weighted by molar-refractivity contribution is 6.02. The molecule has 0 saturated carbocycles. The van der Waals surface area contributed by atoms with E-state index in [2.05, 4.69) is 5.32 Å². The summed E-state index contributed by atoms with van der Waals surface area (Å²) >= 11 is 0. The van der Waals surface area contributed by atoms with E-state index in [0.717, 1.165) is 22.4 Å². The molecule has 0 spiro atoms. The highest BCUT2D eigenvalue weighted by Gasteiger charge is 2.29. The molecule has 0 aliphatic rings. The summed E-state index contributed by atoms with van der Waals surface area (Å²) < 4.78 is 0. The first-order chi connectivity index (χ1) is 13.8. The van der Waals surface area contributed by atoms with Gasteiger partial charge in [0.15, 0.2) is 0 Å². The summed E-state index contributed by atoms with van der Waals surface area (Å²) in [6.45, 7) is 5.79. The lowest BCUT2D eigenvalue weighted by Gasteiger charge is -2.31. The lowest BCUT2D eigenvalue weighted by molar-refractivity contribution is -0.137. The molecule has 2 aromatic rings. The predicted molar refractivity (Wildman–Crippen MR) is 113 cm³/mol. The first-order valence-corrected chi connectivity index (χ1v) is 9.73. The van der Waals surface area contributed by atoms with Gasteiger partial charge in [-0.25, -0.2) is 0 Å². The Hall–Kier alpha value is -3.15. The zero-order valence-corrected chi connectivity index (χ0v) is 17.1. The van der Waals surface area contributed by atoms with Crippen LogP contribution >= 0.6 is 0 Å². The fourth-order valence-corrected chi connectivity index (χ4v) is 3.29. The number of carbonyl (C=O) groups excluding carboxylic acids is 2. The van der Waals surface area contributed by atoms with Crippen LogP contribution in [0.2, 0.25) is 0 Å². The van der Waals surface area contributed by atoms with Crippen molar-refractivity contribution in [2.45, 2.75) is 46.1 Å². The van der Waals surface area contributed by atoms with Crippen LogP contribution < -0.4 is 10.2 Å². The number of amides is 2. The van der Waals surface area contributed by atoms with E-state index < -0.39 is 12.0 Å². The molecule has 6 nitrogen and oxygen atoms in total. The Balaban J connectivity index is 2.25. The summed E-state index contributed by atoms with van der Waals surface area (Å²) in [5.74, 6) is -1.37. The van der Waals surface area contributed by atoms with Gasteiger partial charge in [0, 0.05) is 13.0 Å². The molecule has 0 aromatic heterocycles. The third-order valence-electron chi connectivity index (χ3n) is 4.78. The first-order valence-electron chi connectivity index (χ1n) is 9.73. The molecule has 29 heavy (non-hydrogen) atoms. The smallest absolute Gasteiger partial charge is 0.303 e. The summed E-state index contributed by atoms with van der Waals surface area (Å²) in [5.41, 5.74) is 3.44. The van der Waals surface area contributed by atoms with Gasteiger partial charge in [-0.2, -0.15) is 0 Å². The maximum absolute atomic E-state index is 13.3. The lowest BCUT2D eigenvalue weighted by atomic mass is 10.0. The number of carbonyl (C=O) groups is 3. The number of aryl methyl sites for hydroxylation is 2. The second-order valence-electron chi connectivity index (χ2n) is 7.13. The predicted octanol–water partition coefficient (Wildman–Crippen LogP) is 3.25. The van der Waals surface area contributed by atoms with Gasteiger partial charge in [-0.15, -0.1) is 0 Å². The zero-order chi connectivity index (χ0) is 21.4. The Labute approximate surface area is 171 Å². The average Bonchev–Trinajstić information content (AvgIpc) is 2.68. The minimum Gasteiger partial charge on any atom is -0.481 e. The minimum atomic E-state index is -0.900. The minimum absolute atomic E-state index is 0.0117. The maximum atomic E-state index is 13.3. The van der Waals surface area contributed by atoms with Crippen LogP contribution in [0.25, 0.3) is 0 Å². The van der Waals surface area contributed by atoms with Gasteiger partial charge in [0.1, 0.15) is 6.04 Å². The molecular weight excluding hydrogens is 368 g/mol. The van der Waals surface area contributed by atoms with Gasteiger partial charge in [-0.05, 0) is 43.9 Å². The average molecular weight is 396 g/mol. The number of benzene rings is 2. The molecule has 0 radical (unpaired) electrons. The molecule has 0 aliphatic carbocycles. The van der Waals surface area contributed by atoms with Crippen LogP contribution in [0.4, 0.5) is 5.69 Å². The molecule has 2 N–H and O–H groups in total. The van der Waals surface area contributed by atoms with Crippen molar-refractivity contribution in [2.75, 3.05) is 11.4 Å². The summed E-state index contributed by atoms with van der Waals surface area (Å²) in [5, 5.41) is 11.5. The van der Waals surface area contributed by atoms with Gasteiger partial charge < -0.3 is 10.4 Å². The molecule has 0 fully saturated rings. The van der Waals surface area contributed by atoms with Crippen molar-refractivity contribution in [3.63, 3.8) is 0 Å². The Morgan fingerprint density at radius 1 is 1.00 bits per heavy atom. The Kier molecular flexibility index (Phi) is 7.95. The van der Waals surface area contributed by atoms with Gasteiger partial charge in [-0.1, -0.05) is 48.5 Å². The summed E-state index contributed by atoms with van der Waals surface area (Å²) in [6.07, 6.45) is 0.516. The van der Waals surface area contributed by atoms with E-state index in [1.165, 1.54) is 0 Å². The molecule has 1 unspecified atom stereocenters. The standard InChI is InChI=1S/C23H28N2O4/c1-16-9-7-10-17(2)22(16)25(20(26)15-19-11-5-4-6-12-19)18(3)23(29)24-14-8-13-21(27)28/h4-7,9-12,18H,8,13-15H2,1-3H3,(H,24,29)(H,27,28). The summed E-state index contributed by atoms with van der Waals surface area (Å²) in [7, 11) is 0. The molecule has 2 rings (SSSR count). The van der Waals surface area contributed by atoms with E-state index in [1.54, 1.807) is 11.8 Å². The van der Waals surface area contributed by atoms with Gasteiger partial charge in [0.25, 0.3) is 0 Å². The number of aliphatic carboxylic acids is 1. The molecule has 2 amide bonds. The van der Waals surface area contributed by atoms with E-state index in [1.807, 2.05) is 62.4 Å². The van der Waals surface area contributed by atoms with Crippen LogP contribution in [-0.4, -0.2) is 35.5 Å². The second kappa shape index (κ2) is 10.4. The fraction of sp³-hybridized carbons (Fsp3) is 0.348. The Morgan fingerprint density at radius 3 is 2.21 bits per heavy atom. The van der Waals surface area contributed by atoms with E-state index >= 15 is 0 Å². The van der Waals surface area contributed by atoms with Crippen molar-refractivity contribution in [2.24, 2.45) is 0 Å². The number of hydrogen-bond acceptors (Lipinski definition) is 3. The van der Waals surface area contributed by atoms with E-state index in [4.69, 9.17) is 5.11 Å². The number of nitrogens with zero attached hydrogens (tertiary/aromatic N) is 1. The number of carboxylic acids is 1. The van der Waals surface area contributed by atoms with E-state index in [-0.39, 0.29) is 31.2 Å². The van der Waals surface area contributed by atoms with Crippen molar-refractivity contribution < 1.29 is 19.5 Å². The molecule has 2 aromatic carbocycles. The highest BCUT2D eigenvalue weighted by atomic mass is 16.4. The van der Waals surface area contributed by atoms with Crippen molar-refractivity contribution in [1.82, 2.24) is 5.32 Å². The van der Waals surface area contributed by atoms with E-state index in [9.17, 15) is 14.4 Å². The van der Waals surface area contributed by atoms with Gasteiger partial charge in [-0.3, -0.25) is 19.3 Å². The van der Waals surface area contributed by atoms with Crippen LogP contribution in [0.5, 0.6) is 0 Å². The maximum Gasteiger partial charge on any atom is 0.303 e. The molecule has 0 aliphatic heterocycles. The van der Waals surface area contributed by atoms with Crippen molar-refractivity contribution in [3.8, 4) is 0 Å². The number of anilines is 1. The van der Waals surface area contributed by atoms with Crippen LogP contribution in [0.3, 0.4) is 0 Å². The van der Waals surface area contributed by atoms with Crippen molar-refractivity contribution in [1.29, 1.82) is 0 Å². The topological polar surface area (TPSA) is 86.7 Å². The number of hydrogen-bond donors (Lipinski definition) is 2. The second-order valence-corrected chi connectivity index (χ2v) is 7.13. The SMILES string of the molecule is Cc1cccc(C)c1N(C(=O)Cc1ccccc1)C(C)C(=O)NCCCC(=O)O. The number of carboxylic acid groups (broad SMARTS) is 1. The largest absolute Gasteiger partial charge is 0.481 e. The van der Waals surface area contributed by atoms with Gasteiger partial charge in [0.2, 0.25) is 11.8 Å². The Morgan fingerprint density at radius 2 is 1.62 bits per heavy atom. The fourth-order valence-electron chi connectivity index (χ4n) is 3.29. The third kappa shape index (κ3) is 6.17. The van der Waals surface area contributed by atoms with Crippen molar-refractivity contribution in [3.05, 3.63) is 65.2 Å². The highest BCUT2D eigenvalue weighted by Crippen LogP contribution is 2.27. The molecule has 0 bridgehead atoms. The van der Waals surface area contributed by atoms with Crippen molar-refractivity contribution >= 4 is 23.5 Å². The van der Waals surface area contributed by atoms with E-state index in [0.29, 0.717) is 6.42 Å². The molecule has 6 heteroatoms. The van der Waals surface area contributed by atoms with Crippen LogP contribution in [0, 0.1) is 13.8 Å². The van der Waals surface area contributed by atoms with Crippen LogP contribution in [-0.2, 0) is 20.8 Å². The normalized spacial score (nSPS) is 11.6. The number of rotatable bonds is 9. The molecule has 0 saturated heterocycles. The molecule has 0 heterocycles. The zero-order valence-electron chi connectivity index (χ0n) is 17.1. The monoisotopic (exact) mass is 396 g/mol. The summed E-state index contributed by atoms with van der Waals surface area (Å²) in [6, 6.07) is 14.5. The quantitative estimate of drug-likeness (QED) is 0.637. The molecule has 1 atom stereocenters. The van der Waals surface area contributed by atoms with Gasteiger partial charge in [0.05, 0.1) is 12.1 Å². The lowest BCUT2D eigenvalue weighted by Crippen LogP contribution is -2.49. The molecular formula is C23H28N2O4.